The Morgan fingerprint density at radius 3 is 2.95 bits per heavy atom. The van der Waals surface area contributed by atoms with E-state index in [4.69, 9.17) is 4.52 Å². The minimum absolute atomic E-state index is 0.0556. The number of thiophene rings is 1. The van der Waals surface area contributed by atoms with Gasteiger partial charge in [-0.3, -0.25) is 4.90 Å². The maximum atomic E-state index is 5.42. The lowest BCUT2D eigenvalue weighted by molar-refractivity contribution is 0.214. The van der Waals surface area contributed by atoms with E-state index in [-0.39, 0.29) is 5.41 Å². The highest BCUT2D eigenvalue weighted by Gasteiger charge is 2.29. The first-order chi connectivity index (χ1) is 9.54. The molecule has 1 aliphatic heterocycles. The van der Waals surface area contributed by atoms with Crippen LogP contribution < -0.4 is 0 Å². The average molecular weight is 291 g/mol. The highest BCUT2D eigenvalue weighted by atomic mass is 32.1. The summed E-state index contributed by atoms with van der Waals surface area (Å²) in [5, 5.41) is 6.26. The van der Waals surface area contributed by atoms with E-state index in [9.17, 15) is 0 Å². The maximum absolute atomic E-state index is 5.42. The van der Waals surface area contributed by atoms with Gasteiger partial charge in [0.2, 0.25) is 5.89 Å². The summed E-state index contributed by atoms with van der Waals surface area (Å²) in [6.45, 7) is 8.17. The van der Waals surface area contributed by atoms with Crippen molar-refractivity contribution in [3.8, 4) is 0 Å². The van der Waals surface area contributed by atoms with E-state index >= 15 is 0 Å². The number of likely N-dealkylation sites (tertiary alicyclic amines) is 1. The van der Waals surface area contributed by atoms with Gasteiger partial charge in [-0.05, 0) is 30.8 Å². The van der Waals surface area contributed by atoms with Crippen molar-refractivity contribution < 1.29 is 4.52 Å². The summed E-state index contributed by atoms with van der Waals surface area (Å²) in [5.41, 5.74) is -0.0556. The predicted molar refractivity (Wildman–Crippen MR) is 79.7 cm³/mol. The SMILES string of the molecule is CC(C)(C)c1noc(CN2CCC[C@@H]2c2cccs2)n1. The van der Waals surface area contributed by atoms with Gasteiger partial charge in [-0.25, -0.2) is 0 Å². The predicted octanol–water partition coefficient (Wildman–Crippen LogP) is 3.77. The van der Waals surface area contributed by atoms with Gasteiger partial charge in [-0.1, -0.05) is 32.0 Å². The molecule has 2 aromatic heterocycles. The fourth-order valence-corrected chi connectivity index (χ4v) is 3.51. The fourth-order valence-electron chi connectivity index (χ4n) is 2.62. The molecule has 1 atom stereocenters. The van der Waals surface area contributed by atoms with Crippen LogP contribution in [-0.4, -0.2) is 21.6 Å². The summed E-state index contributed by atoms with van der Waals surface area (Å²) in [7, 11) is 0. The van der Waals surface area contributed by atoms with Gasteiger partial charge >= 0.3 is 0 Å². The largest absolute Gasteiger partial charge is 0.338 e. The Morgan fingerprint density at radius 2 is 2.30 bits per heavy atom. The van der Waals surface area contributed by atoms with Crippen LogP contribution in [0, 0.1) is 0 Å². The van der Waals surface area contributed by atoms with E-state index in [1.165, 1.54) is 17.7 Å². The molecule has 5 heteroatoms. The van der Waals surface area contributed by atoms with E-state index in [1.54, 1.807) is 0 Å². The molecule has 4 nitrogen and oxygen atoms in total. The van der Waals surface area contributed by atoms with Gasteiger partial charge in [0.1, 0.15) is 0 Å². The van der Waals surface area contributed by atoms with Gasteiger partial charge in [0.15, 0.2) is 5.82 Å². The molecule has 0 spiro atoms. The van der Waals surface area contributed by atoms with Crippen molar-refractivity contribution >= 4 is 11.3 Å². The Bertz CT molecular complexity index is 556. The highest BCUT2D eigenvalue weighted by molar-refractivity contribution is 7.10. The molecule has 0 aliphatic carbocycles. The number of hydrogen-bond donors (Lipinski definition) is 0. The molecule has 0 bridgehead atoms. The Kier molecular flexibility index (Phi) is 3.65. The Balaban J connectivity index is 1.72. The third kappa shape index (κ3) is 2.79. The molecule has 1 fully saturated rings. The van der Waals surface area contributed by atoms with Crippen molar-refractivity contribution in [2.24, 2.45) is 0 Å². The molecule has 2 aromatic rings. The third-order valence-corrected chi connectivity index (χ3v) is 4.69. The van der Waals surface area contributed by atoms with Gasteiger partial charge in [0.25, 0.3) is 0 Å². The van der Waals surface area contributed by atoms with Crippen LogP contribution in [0.4, 0.5) is 0 Å². The lowest BCUT2D eigenvalue weighted by Gasteiger charge is -2.21. The topological polar surface area (TPSA) is 42.2 Å². The van der Waals surface area contributed by atoms with Crippen molar-refractivity contribution in [2.75, 3.05) is 6.54 Å². The van der Waals surface area contributed by atoms with Gasteiger partial charge in [-0.15, -0.1) is 11.3 Å². The summed E-state index contributed by atoms with van der Waals surface area (Å²) >= 11 is 1.84. The van der Waals surface area contributed by atoms with Crippen LogP contribution in [0.2, 0.25) is 0 Å². The second-order valence-electron chi connectivity index (χ2n) is 6.41. The lowest BCUT2D eigenvalue weighted by atomic mass is 9.96. The van der Waals surface area contributed by atoms with Crippen molar-refractivity contribution in [3.05, 3.63) is 34.1 Å². The first-order valence-electron chi connectivity index (χ1n) is 7.14. The molecule has 3 rings (SSSR count). The highest BCUT2D eigenvalue weighted by Crippen LogP contribution is 2.35. The van der Waals surface area contributed by atoms with Crippen molar-refractivity contribution in [3.63, 3.8) is 0 Å². The zero-order chi connectivity index (χ0) is 14.2. The zero-order valence-corrected chi connectivity index (χ0v) is 13.1. The average Bonchev–Trinajstić information content (AvgIpc) is 3.08. The minimum Gasteiger partial charge on any atom is -0.338 e. The first kappa shape index (κ1) is 13.8. The second kappa shape index (κ2) is 5.30. The van der Waals surface area contributed by atoms with Crippen molar-refractivity contribution in [2.45, 2.75) is 51.6 Å². The van der Waals surface area contributed by atoms with Crippen LogP contribution in [0.15, 0.2) is 22.0 Å². The second-order valence-corrected chi connectivity index (χ2v) is 7.38. The number of aromatic nitrogens is 2. The molecular weight excluding hydrogens is 270 g/mol. The molecule has 108 valence electrons. The first-order valence-corrected chi connectivity index (χ1v) is 8.02. The third-order valence-electron chi connectivity index (χ3n) is 3.71. The molecule has 20 heavy (non-hydrogen) atoms. The fraction of sp³-hybridized carbons (Fsp3) is 0.600. The number of hydrogen-bond acceptors (Lipinski definition) is 5. The monoisotopic (exact) mass is 291 g/mol. The number of rotatable bonds is 3. The molecule has 3 heterocycles. The molecule has 1 saturated heterocycles. The summed E-state index contributed by atoms with van der Waals surface area (Å²) in [6.07, 6.45) is 2.46. The van der Waals surface area contributed by atoms with Gasteiger partial charge in [-0.2, -0.15) is 4.98 Å². The van der Waals surface area contributed by atoms with Gasteiger partial charge < -0.3 is 4.52 Å². The lowest BCUT2D eigenvalue weighted by Crippen LogP contribution is -2.22. The Hall–Kier alpha value is -1.20. The Labute approximate surface area is 123 Å². The van der Waals surface area contributed by atoms with E-state index in [1.807, 2.05) is 11.3 Å². The Morgan fingerprint density at radius 1 is 1.45 bits per heavy atom. The molecule has 0 radical (unpaired) electrons. The molecular formula is C15H21N3OS. The minimum atomic E-state index is -0.0556. The molecule has 0 N–H and O–H groups in total. The van der Waals surface area contributed by atoms with Crippen molar-refractivity contribution in [1.29, 1.82) is 0 Å². The summed E-state index contributed by atoms with van der Waals surface area (Å²) in [5.74, 6) is 1.53. The zero-order valence-electron chi connectivity index (χ0n) is 12.3. The standard InChI is InChI=1S/C15H21N3OS/c1-15(2,3)14-16-13(19-17-14)10-18-8-4-6-11(18)12-7-5-9-20-12/h5,7,9,11H,4,6,8,10H2,1-3H3/t11-/m1/s1. The molecule has 0 amide bonds. The van der Waals surface area contributed by atoms with Gasteiger partial charge in [0.05, 0.1) is 6.54 Å². The summed E-state index contributed by atoms with van der Waals surface area (Å²) in [6, 6.07) is 4.86. The quantitative estimate of drug-likeness (QED) is 0.863. The van der Waals surface area contributed by atoms with Crippen LogP contribution in [0.1, 0.15) is 56.2 Å². The van der Waals surface area contributed by atoms with Crippen LogP contribution in [-0.2, 0) is 12.0 Å². The van der Waals surface area contributed by atoms with Crippen LogP contribution >= 0.6 is 11.3 Å². The summed E-state index contributed by atoms with van der Waals surface area (Å²) < 4.78 is 5.42. The van der Waals surface area contributed by atoms with Gasteiger partial charge in [0, 0.05) is 16.3 Å². The molecule has 0 aromatic carbocycles. The van der Waals surface area contributed by atoms with Crippen molar-refractivity contribution in [1.82, 2.24) is 15.0 Å². The molecule has 0 unspecified atom stereocenters. The molecule has 0 saturated carbocycles. The normalized spacial score (nSPS) is 20.6. The molecule has 1 aliphatic rings. The van der Waals surface area contributed by atoms with Crippen LogP contribution in [0.25, 0.3) is 0 Å². The van der Waals surface area contributed by atoms with E-state index in [2.05, 4.69) is 53.3 Å². The van der Waals surface area contributed by atoms with E-state index in [0.29, 0.717) is 6.04 Å². The smallest absolute Gasteiger partial charge is 0.240 e. The van der Waals surface area contributed by atoms with E-state index < -0.39 is 0 Å². The maximum Gasteiger partial charge on any atom is 0.240 e. The summed E-state index contributed by atoms with van der Waals surface area (Å²) in [4.78, 5) is 8.44. The van der Waals surface area contributed by atoms with Crippen LogP contribution in [0.3, 0.4) is 0 Å². The number of nitrogens with zero attached hydrogens (tertiary/aromatic N) is 3. The van der Waals surface area contributed by atoms with E-state index in [0.717, 1.165) is 24.8 Å². The van der Waals surface area contributed by atoms with Crippen LogP contribution in [0.5, 0.6) is 0 Å².